The van der Waals surface area contributed by atoms with E-state index in [1.54, 1.807) is 24.2 Å². The fraction of sp³-hybridized carbons (Fsp3) is 0.0476. The molecule has 5 aromatic rings. The van der Waals surface area contributed by atoms with E-state index in [9.17, 15) is 0 Å². The van der Waals surface area contributed by atoms with Crippen molar-refractivity contribution >= 4 is 28.3 Å². The van der Waals surface area contributed by atoms with Gasteiger partial charge in [0.1, 0.15) is 0 Å². The Balaban J connectivity index is 1.65. The van der Waals surface area contributed by atoms with Crippen LogP contribution < -0.4 is 0 Å². The number of benzene rings is 2. The highest BCUT2D eigenvalue weighted by atomic mass is 32.2. The fourth-order valence-corrected chi connectivity index (χ4v) is 3.86. The van der Waals surface area contributed by atoms with Crippen molar-refractivity contribution in [2.45, 2.75) is 10.9 Å². The van der Waals surface area contributed by atoms with Crippen LogP contribution >= 0.6 is 11.8 Å². The predicted molar refractivity (Wildman–Crippen MR) is 108 cm³/mol. The maximum Gasteiger partial charge on any atom is 0.191 e. The first-order chi connectivity index (χ1) is 13.4. The molecule has 0 aliphatic heterocycles. The number of aromatic nitrogens is 5. The molecule has 0 unspecified atom stereocenters. The Hall–Kier alpha value is -3.25. The van der Waals surface area contributed by atoms with Crippen LogP contribution in [-0.2, 0) is 5.75 Å². The van der Waals surface area contributed by atoms with Gasteiger partial charge in [0.05, 0.1) is 5.52 Å². The molecule has 0 fully saturated rings. The molecule has 2 aromatic carbocycles. The summed E-state index contributed by atoms with van der Waals surface area (Å²) in [5.74, 6) is 1.48. The number of para-hydroxylation sites is 1. The van der Waals surface area contributed by atoms with Crippen LogP contribution in [-0.4, -0.2) is 24.6 Å². The summed E-state index contributed by atoms with van der Waals surface area (Å²) in [5, 5.41) is 6.55. The second-order valence-electron chi connectivity index (χ2n) is 6.10. The van der Waals surface area contributed by atoms with E-state index < -0.39 is 0 Å². The average Bonchev–Trinajstić information content (AvgIpc) is 3.19. The maximum absolute atomic E-state index is 4.83. The fourth-order valence-electron chi connectivity index (χ4n) is 2.96. The number of fused-ring (bicyclic) bond motifs is 3. The smallest absolute Gasteiger partial charge is 0.191 e. The lowest BCUT2D eigenvalue weighted by Crippen LogP contribution is -1.98. The highest BCUT2D eigenvalue weighted by Gasteiger charge is 2.15. The summed E-state index contributed by atoms with van der Waals surface area (Å²) in [4.78, 5) is 13.8. The molecule has 130 valence electrons. The van der Waals surface area contributed by atoms with Gasteiger partial charge in [0.2, 0.25) is 0 Å². The molecule has 5 rings (SSSR count). The minimum absolute atomic E-state index is 0.655. The molecule has 3 heterocycles. The molecular formula is C21H15N5S. The molecule has 0 bridgehead atoms. The van der Waals surface area contributed by atoms with Gasteiger partial charge in [0, 0.05) is 29.1 Å². The molecule has 5 nitrogen and oxygen atoms in total. The third-order valence-electron chi connectivity index (χ3n) is 4.28. The van der Waals surface area contributed by atoms with E-state index in [0.717, 1.165) is 33.0 Å². The summed E-state index contributed by atoms with van der Waals surface area (Å²) in [7, 11) is 0. The zero-order valence-electron chi connectivity index (χ0n) is 14.4. The van der Waals surface area contributed by atoms with Crippen molar-refractivity contribution in [2.75, 3.05) is 0 Å². The van der Waals surface area contributed by atoms with Crippen molar-refractivity contribution in [1.82, 2.24) is 24.6 Å². The number of pyridine rings is 1. The number of hydrogen-bond donors (Lipinski definition) is 0. The first-order valence-corrected chi connectivity index (χ1v) is 9.60. The first kappa shape index (κ1) is 16.0. The van der Waals surface area contributed by atoms with Gasteiger partial charge in [-0.25, -0.2) is 9.97 Å². The largest absolute Gasteiger partial charge is 0.264 e. The third-order valence-corrected chi connectivity index (χ3v) is 5.28. The van der Waals surface area contributed by atoms with E-state index in [1.807, 2.05) is 47.0 Å². The summed E-state index contributed by atoms with van der Waals surface area (Å²) in [6, 6.07) is 22.3. The molecule has 0 radical (unpaired) electrons. The van der Waals surface area contributed by atoms with Crippen LogP contribution in [0.25, 0.3) is 27.9 Å². The van der Waals surface area contributed by atoms with Gasteiger partial charge in [-0.1, -0.05) is 54.2 Å². The second kappa shape index (κ2) is 6.81. The summed E-state index contributed by atoms with van der Waals surface area (Å²) < 4.78 is 1.85. The van der Waals surface area contributed by atoms with Gasteiger partial charge in [0.15, 0.2) is 16.6 Å². The third kappa shape index (κ3) is 3.04. The summed E-state index contributed by atoms with van der Waals surface area (Å²) in [5.41, 5.74) is 3.88. The van der Waals surface area contributed by atoms with Crippen LogP contribution in [0.4, 0.5) is 0 Å². The van der Waals surface area contributed by atoms with Crippen molar-refractivity contribution in [3.8, 4) is 11.4 Å². The van der Waals surface area contributed by atoms with E-state index in [4.69, 9.17) is 15.1 Å². The van der Waals surface area contributed by atoms with Gasteiger partial charge in [-0.05, 0) is 29.8 Å². The van der Waals surface area contributed by atoms with Crippen LogP contribution in [0.5, 0.6) is 0 Å². The Labute approximate surface area is 160 Å². The predicted octanol–water partition coefficient (Wildman–Crippen LogP) is 4.63. The van der Waals surface area contributed by atoms with Crippen molar-refractivity contribution in [2.24, 2.45) is 0 Å². The zero-order valence-corrected chi connectivity index (χ0v) is 15.2. The standard InChI is InChI=1S/C21H15N5S/c1-2-7-15(8-3-1)14-27-21-23-18-11-5-4-10-17(18)20-24-19(25-26(20)21)16-9-6-12-22-13-16/h1-13H,14H2. The summed E-state index contributed by atoms with van der Waals surface area (Å²) in [6.45, 7) is 0. The molecule has 0 N–H and O–H groups in total. The Morgan fingerprint density at radius 2 is 1.70 bits per heavy atom. The van der Waals surface area contributed by atoms with E-state index >= 15 is 0 Å². The minimum atomic E-state index is 0.655. The zero-order chi connectivity index (χ0) is 18.1. The van der Waals surface area contributed by atoms with Crippen LogP contribution in [0.2, 0.25) is 0 Å². The van der Waals surface area contributed by atoms with Gasteiger partial charge in [-0.2, -0.15) is 4.52 Å². The molecule has 0 atom stereocenters. The van der Waals surface area contributed by atoms with Gasteiger partial charge in [-0.3, -0.25) is 4.98 Å². The van der Waals surface area contributed by atoms with Gasteiger partial charge in [0.25, 0.3) is 0 Å². The SMILES string of the molecule is c1ccc(CSc2nc3ccccc3c3nc(-c4cccnc4)nn23)cc1. The molecule has 27 heavy (non-hydrogen) atoms. The van der Waals surface area contributed by atoms with E-state index in [0.29, 0.717) is 5.82 Å². The molecule has 0 aliphatic rings. The molecule has 0 amide bonds. The number of rotatable bonds is 4. The lowest BCUT2D eigenvalue weighted by Gasteiger charge is -2.06. The number of nitrogens with zero attached hydrogens (tertiary/aromatic N) is 5. The second-order valence-corrected chi connectivity index (χ2v) is 7.04. The topological polar surface area (TPSA) is 56.0 Å². The molecule has 0 saturated carbocycles. The molecule has 6 heteroatoms. The Bertz CT molecular complexity index is 1220. The van der Waals surface area contributed by atoms with Gasteiger partial charge >= 0.3 is 0 Å². The molecule has 3 aromatic heterocycles. The minimum Gasteiger partial charge on any atom is -0.264 e. The van der Waals surface area contributed by atoms with Crippen LogP contribution in [0.3, 0.4) is 0 Å². The monoisotopic (exact) mass is 369 g/mol. The Kier molecular flexibility index (Phi) is 4.03. The van der Waals surface area contributed by atoms with Crippen molar-refractivity contribution < 1.29 is 0 Å². The first-order valence-electron chi connectivity index (χ1n) is 8.61. The van der Waals surface area contributed by atoms with Crippen molar-refractivity contribution in [3.63, 3.8) is 0 Å². The quantitative estimate of drug-likeness (QED) is 0.341. The number of hydrogen-bond acceptors (Lipinski definition) is 5. The normalized spacial score (nSPS) is 11.3. The lowest BCUT2D eigenvalue weighted by molar-refractivity contribution is 0.811. The maximum atomic E-state index is 4.83. The highest BCUT2D eigenvalue weighted by molar-refractivity contribution is 7.98. The molecule has 0 spiro atoms. The van der Waals surface area contributed by atoms with Gasteiger partial charge < -0.3 is 0 Å². The lowest BCUT2D eigenvalue weighted by atomic mass is 10.2. The number of thioether (sulfide) groups is 1. The Morgan fingerprint density at radius 3 is 2.56 bits per heavy atom. The van der Waals surface area contributed by atoms with Crippen LogP contribution in [0.15, 0.2) is 84.3 Å². The molecule has 0 aliphatic carbocycles. The Morgan fingerprint density at radius 1 is 0.852 bits per heavy atom. The van der Waals surface area contributed by atoms with Crippen molar-refractivity contribution in [3.05, 3.63) is 84.7 Å². The van der Waals surface area contributed by atoms with E-state index in [2.05, 4.69) is 29.2 Å². The van der Waals surface area contributed by atoms with Crippen LogP contribution in [0, 0.1) is 0 Å². The highest BCUT2D eigenvalue weighted by Crippen LogP contribution is 2.27. The summed E-state index contributed by atoms with van der Waals surface area (Å²) >= 11 is 1.66. The van der Waals surface area contributed by atoms with Crippen molar-refractivity contribution in [1.29, 1.82) is 0 Å². The average molecular weight is 369 g/mol. The molecular weight excluding hydrogens is 354 g/mol. The van der Waals surface area contributed by atoms with E-state index in [-0.39, 0.29) is 0 Å². The van der Waals surface area contributed by atoms with Crippen LogP contribution in [0.1, 0.15) is 5.56 Å². The summed E-state index contributed by atoms with van der Waals surface area (Å²) in [6.07, 6.45) is 3.53. The van der Waals surface area contributed by atoms with Gasteiger partial charge in [-0.15, -0.1) is 5.10 Å². The molecule has 0 saturated heterocycles. The van der Waals surface area contributed by atoms with E-state index in [1.165, 1.54) is 5.56 Å².